The zero-order chi connectivity index (χ0) is 12.9. The number of rotatable bonds is 6. The molecule has 3 nitrogen and oxygen atoms in total. The lowest BCUT2D eigenvalue weighted by Crippen LogP contribution is -2.32. The van der Waals surface area contributed by atoms with Crippen molar-refractivity contribution in [3.63, 3.8) is 0 Å². The Bertz CT molecular complexity index is 240. The van der Waals surface area contributed by atoms with Gasteiger partial charge in [0, 0.05) is 12.0 Å². The Balaban J connectivity index is 2.35. The van der Waals surface area contributed by atoms with E-state index in [2.05, 4.69) is 13.8 Å². The van der Waals surface area contributed by atoms with Gasteiger partial charge in [-0.2, -0.15) is 0 Å². The summed E-state index contributed by atoms with van der Waals surface area (Å²) < 4.78 is 11.3. The molecule has 0 bridgehead atoms. The molecule has 0 spiro atoms. The second kappa shape index (κ2) is 5.96. The van der Waals surface area contributed by atoms with Crippen molar-refractivity contribution in [1.29, 1.82) is 0 Å². The minimum Gasteiger partial charge on any atom is -0.353 e. The van der Waals surface area contributed by atoms with Crippen LogP contribution in [0.1, 0.15) is 53.4 Å². The first-order valence-corrected chi connectivity index (χ1v) is 6.54. The van der Waals surface area contributed by atoms with Crippen molar-refractivity contribution in [2.24, 2.45) is 10.8 Å². The Labute approximate surface area is 105 Å². The lowest BCUT2D eigenvalue weighted by atomic mass is 9.76. The third-order valence-electron chi connectivity index (χ3n) is 3.05. The normalized spacial score (nSPS) is 22.5. The molecular weight excluding hydrogens is 216 g/mol. The first-order valence-electron chi connectivity index (χ1n) is 6.54. The van der Waals surface area contributed by atoms with E-state index in [9.17, 15) is 4.79 Å². The Morgan fingerprint density at radius 2 is 2.00 bits per heavy atom. The molecule has 1 atom stereocenters. The van der Waals surface area contributed by atoms with Crippen molar-refractivity contribution in [3.8, 4) is 0 Å². The fourth-order valence-corrected chi connectivity index (χ4v) is 2.49. The van der Waals surface area contributed by atoms with Gasteiger partial charge in [0.15, 0.2) is 6.29 Å². The van der Waals surface area contributed by atoms with Crippen LogP contribution in [0.5, 0.6) is 0 Å². The van der Waals surface area contributed by atoms with Crippen LogP contribution in [-0.4, -0.2) is 25.8 Å². The molecule has 100 valence electrons. The van der Waals surface area contributed by atoms with E-state index in [0.717, 1.165) is 32.2 Å². The molecule has 1 unspecified atom stereocenters. The average molecular weight is 242 g/mol. The van der Waals surface area contributed by atoms with Gasteiger partial charge in [-0.05, 0) is 31.1 Å². The van der Waals surface area contributed by atoms with Crippen LogP contribution in [0.4, 0.5) is 0 Å². The summed E-state index contributed by atoms with van der Waals surface area (Å²) in [6, 6.07) is 0. The molecule has 17 heavy (non-hydrogen) atoms. The Morgan fingerprint density at radius 1 is 1.29 bits per heavy atom. The summed E-state index contributed by atoms with van der Waals surface area (Å²) in [5, 5.41) is 0. The van der Waals surface area contributed by atoms with E-state index in [0.29, 0.717) is 6.61 Å². The van der Waals surface area contributed by atoms with Crippen LogP contribution in [0.25, 0.3) is 0 Å². The van der Waals surface area contributed by atoms with E-state index < -0.39 is 0 Å². The molecule has 1 fully saturated rings. The SMILES string of the molecule is CC(C)(C=O)CC(C)(C)COC1CCCCO1. The maximum Gasteiger partial charge on any atom is 0.157 e. The maximum atomic E-state index is 10.9. The molecule has 1 rings (SSSR count). The van der Waals surface area contributed by atoms with Gasteiger partial charge in [0.05, 0.1) is 6.61 Å². The summed E-state index contributed by atoms with van der Waals surface area (Å²) in [5.74, 6) is 0. The Morgan fingerprint density at radius 3 is 2.53 bits per heavy atom. The van der Waals surface area contributed by atoms with Gasteiger partial charge in [0.25, 0.3) is 0 Å². The van der Waals surface area contributed by atoms with Crippen LogP contribution < -0.4 is 0 Å². The molecule has 0 amide bonds. The van der Waals surface area contributed by atoms with Crippen molar-refractivity contribution in [2.75, 3.05) is 13.2 Å². The monoisotopic (exact) mass is 242 g/mol. The first-order chi connectivity index (χ1) is 7.85. The fourth-order valence-electron chi connectivity index (χ4n) is 2.49. The Kier molecular flexibility index (Phi) is 5.14. The summed E-state index contributed by atoms with van der Waals surface area (Å²) in [4.78, 5) is 10.9. The van der Waals surface area contributed by atoms with Crippen LogP contribution in [0.15, 0.2) is 0 Å². The van der Waals surface area contributed by atoms with Gasteiger partial charge in [-0.25, -0.2) is 0 Å². The zero-order valence-corrected chi connectivity index (χ0v) is 11.6. The molecule has 0 aromatic rings. The number of ether oxygens (including phenoxy) is 2. The van der Waals surface area contributed by atoms with Gasteiger partial charge in [-0.1, -0.05) is 27.7 Å². The number of aldehydes is 1. The van der Waals surface area contributed by atoms with Crippen molar-refractivity contribution >= 4 is 6.29 Å². The molecule has 1 aliphatic rings. The van der Waals surface area contributed by atoms with E-state index >= 15 is 0 Å². The van der Waals surface area contributed by atoms with Gasteiger partial charge in [0.1, 0.15) is 6.29 Å². The predicted molar refractivity (Wildman–Crippen MR) is 67.8 cm³/mol. The van der Waals surface area contributed by atoms with Crippen molar-refractivity contribution in [3.05, 3.63) is 0 Å². The van der Waals surface area contributed by atoms with E-state index in [1.54, 1.807) is 0 Å². The molecule has 0 N–H and O–H groups in total. The minimum atomic E-state index is -0.277. The summed E-state index contributed by atoms with van der Waals surface area (Å²) in [6.45, 7) is 9.68. The van der Waals surface area contributed by atoms with Crippen molar-refractivity contribution in [2.45, 2.75) is 59.7 Å². The maximum absolute atomic E-state index is 10.9. The highest BCUT2D eigenvalue weighted by Gasteiger charge is 2.30. The third kappa shape index (κ3) is 5.64. The molecule has 0 aromatic heterocycles. The van der Waals surface area contributed by atoms with Gasteiger partial charge in [0.2, 0.25) is 0 Å². The topological polar surface area (TPSA) is 35.5 Å². The smallest absolute Gasteiger partial charge is 0.157 e. The van der Waals surface area contributed by atoms with E-state index in [1.165, 1.54) is 6.42 Å². The van der Waals surface area contributed by atoms with Gasteiger partial charge >= 0.3 is 0 Å². The first kappa shape index (κ1) is 14.7. The standard InChI is InChI=1S/C14H26O3/c1-13(2,10-15)9-14(3,4)11-17-12-7-5-6-8-16-12/h10,12H,5-9,11H2,1-4H3. The lowest BCUT2D eigenvalue weighted by Gasteiger charge is -2.33. The number of hydrogen-bond donors (Lipinski definition) is 0. The molecule has 0 saturated carbocycles. The van der Waals surface area contributed by atoms with Crippen LogP contribution in [-0.2, 0) is 14.3 Å². The zero-order valence-electron chi connectivity index (χ0n) is 11.6. The van der Waals surface area contributed by atoms with Crippen LogP contribution in [0.3, 0.4) is 0 Å². The molecule has 0 aromatic carbocycles. The summed E-state index contributed by atoms with van der Waals surface area (Å²) >= 11 is 0. The molecule has 1 heterocycles. The van der Waals surface area contributed by atoms with E-state index in [-0.39, 0.29) is 17.1 Å². The molecule has 3 heteroatoms. The second-order valence-electron chi connectivity index (χ2n) is 6.55. The van der Waals surface area contributed by atoms with E-state index in [4.69, 9.17) is 9.47 Å². The van der Waals surface area contributed by atoms with Gasteiger partial charge in [-0.15, -0.1) is 0 Å². The third-order valence-corrected chi connectivity index (χ3v) is 3.05. The van der Waals surface area contributed by atoms with Crippen molar-refractivity contribution in [1.82, 2.24) is 0 Å². The van der Waals surface area contributed by atoms with Gasteiger partial charge in [-0.3, -0.25) is 0 Å². The van der Waals surface area contributed by atoms with Crippen LogP contribution in [0.2, 0.25) is 0 Å². The predicted octanol–water partition coefficient (Wildman–Crippen LogP) is 3.17. The Hall–Kier alpha value is -0.410. The second-order valence-corrected chi connectivity index (χ2v) is 6.55. The molecule has 1 saturated heterocycles. The number of carbonyl (C=O) groups excluding carboxylic acids is 1. The molecule has 1 aliphatic heterocycles. The highest BCUT2D eigenvalue weighted by atomic mass is 16.7. The minimum absolute atomic E-state index is 0.00518. The molecule has 0 radical (unpaired) electrons. The average Bonchev–Trinajstić information content (AvgIpc) is 2.27. The quantitative estimate of drug-likeness (QED) is 0.671. The number of carbonyl (C=O) groups is 1. The summed E-state index contributed by atoms with van der Waals surface area (Å²) in [5.41, 5.74) is -0.272. The summed E-state index contributed by atoms with van der Waals surface area (Å²) in [6.07, 6.45) is 5.14. The highest BCUT2D eigenvalue weighted by Crippen LogP contribution is 2.33. The highest BCUT2D eigenvalue weighted by molar-refractivity contribution is 5.57. The molecule has 0 aliphatic carbocycles. The summed E-state index contributed by atoms with van der Waals surface area (Å²) in [7, 11) is 0. The van der Waals surface area contributed by atoms with Crippen LogP contribution >= 0.6 is 0 Å². The van der Waals surface area contributed by atoms with Crippen molar-refractivity contribution < 1.29 is 14.3 Å². The molecular formula is C14H26O3. The van der Waals surface area contributed by atoms with E-state index in [1.807, 2.05) is 13.8 Å². The van der Waals surface area contributed by atoms with Gasteiger partial charge < -0.3 is 14.3 Å². The number of hydrogen-bond acceptors (Lipinski definition) is 3. The largest absolute Gasteiger partial charge is 0.353 e. The fraction of sp³-hybridized carbons (Fsp3) is 0.929. The lowest BCUT2D eigenvalue weighted by molar-refractivity contribution is -0.178. The van der Waals surface area contributed by atoms with Crippen LogP contribution in [0, 0.1) is 10.8 Å².